The third kappa shape index (κ3) is 5.24. The van der Waals surface area contributed by atoms with Crippen LogP contribution in [0, 0.1) is 0 Å². The van der Waals surface area contributed by atoms with E-state index in [1.165, 1.54) is 0 Å². The molecule has 0 fully saturated rings. The van der Waals surface area contributed by atoms with Gasteiger partial charge in [-0.2, -0.15) is 59.8 Å². The number of nitrogens with two attached hydrogens (primary N) is 6. The van der Waals surface area contributed by atoms with E-state index in [0.29, 0.717) is 0 Å². The third-order valence-corrected chi connectivity index (χ3v) is 3.32. The minimum atomic E-state index is -0.151. The second-order valence-electron chi connectivity index (χ2n) is 5.81. The van der Waals surface area contributed by atoms with Crippen molar-refractivity contribution < 1.29 is 0 Å². The van der Waals surface area contributed by atoms with Gasteiger partial charge in [0.25, 0.3) is 0 Å². The topological polar surface area (TPSA) is 347 Å². The summed E-state index contributed by atoms with van der Waals surface area (Å²) in [6, 6.07) is 0. The number of nitrogen functional groups attached to an aromatic ring is 6. The van der Waals surface area contributed by atoms with Crippen LogP contribution in [0.25, 0.3) is 0 Å². The Morgan fingerprint density at radius 3 is 0.697 bits per heavy atom. The van der Waals surface area contributed by atoms with Crippen molar-refractivity contribution in [2.24, 2.45) is 0 Å². The highest BCUT2D eigenvalue weighted by Gasteiger charge is 2.12. The Kier molecular flexibility index (Phi) is 5.08. The van der Waals surface area contributed by atoms with E-state index in [9.17, 15) is 0 Å². The van der Waals surface area contributed by atoms with Crippen molar-refractivity contribution in [3.63, 3.8) is 0 Å². The molecule has 4 rings (SSSR count). The van der Waals surface area contributed by atoms with Gasteiger partial charge in [0.2, 0.25) is 71.4 Å². The number of hydrogen-bond donors (Lipinski definition) is 9. The number of aromatic nitrogens is 12. The van der Waals surface area contributed by atoms with Crippen LogP contribution >= 0.6 is 0 Å². The molecular formula is C12H15N21. The SMILES string of the molecule is Nc1nc(N)nc(Nc2nc(N)nc(Nc3nc(N)nc(Nc4nc(N)nc(N)n4)n3)n2)n1. The Labute approximate surface area is 182 Å². The molecule has 15 N–H and O–H groups in total. The molecule has 0 atom stereocenters. The fourth-order valence-electron chi connectivity index (χ4n) is 2.24. The van der Waals surface area contributed by atoms with Gasteiger partial charge in [-0.25, -0.2) is 0 Å². The van der Waals surface area contributed by atoms with Gasteiger partial charge in [-0.3, -0.25) is 16.0 Å². The second-order valence-corrected chi connectivity index (χ2v) is 5.81. The summed E-state index contributed by atoms with van der Waals surface area (Å²) in [7, 11) is 0. The van der Waals surface area contributed by atoms with Crippen LogP contribution in [-0.2, 0) is 0 Å². The molecule has 0 aliphatic rings. The van der Waals surface area contributed by atoms with Crippen LogP contribution in [0.5, 0.6) is 0 Å². The Hall–Kier alpha value is -5.76. The number of anilines is 12. The molecule has 0 amide bonds. The minimum absolute atomic E-state index is 0.0108. The summed E-state index contributed by atoms with van der Waals surface area (Å²) in [4.78, 5) is 46.7. The highest BCUT2D eigenvalue weighted by molar-refractivity contribution is 5.55. The Balaban J connectivity index is 1.57. The largest absolute Gasteiger partial charge is 0.368 e. The molecule has 0 unspecified atom stereocenters. The first-order valence-electron chi connectivity index (χ1n) is 8.60. The van der Waals surface area contributed by atoms with E-state index >= 15 is 0 Å². The van der Waals surface area contributed by atoms with Gasteiger partial charge in [0, 0.05) is 0 Å². The number of nitrogens with one attached hydrogen (secondary N) is 3. The maximum atomic E-state index is 5.74. The van der Waals surface area contributed by atoms with Gasteiger partial charge >= 0.3 is 0 Å². The number of nitrogens with zero attached hydrogens (tertiary/aromatic N) is 12. The molecule has 0 radical (unpaired) electrons. The molecule has 0 aliphatic carbocycles. The van der Waals surface area contributed by atoms with Gasteiger partial charge in [0.15, 0.2) is 0 Å². The van der Waals surface area contributed by atoms with E-state index in [1.54, 1.807) is 0 Å². The molecule has 21 heteroatoms. The Bertz CT molecular complexity index is 1180. The van der Waals surface area contributed by atoms with E-state index < -0.39 is 0 Å². The first-order chi connectivity index (χ1) is 15.7. The molecule has 0 saturated heterocycles. The fourth-order valence-corrected chi connectivity index (χ4v) is 2.24. The van der Waals surface area contributed by atoms with Crippen molar-refractivity contribution in [1.82, 2.24) is 59.8 Å². The molecule has 33 heavy (non-hydrogen) atoms. The molecule has 4 heterocycles. The molecule has 0 saturated carbocycles. The maximum absolute atomic E-state index is 5.74. The molecule has 4 aromatic rings. The zero-order valence-electron chi connectivity index (χ0n) is 16.3. The predicted molar refractivity (Wildman–Crippen MR) is 116 cm³/mol. The lowest BCUT2D eigenvalue weighted by Gasteiger charge is -2.09. The van der Waals surface area contributed by atoms with Crippen molar-refractivity contribution >= 4 is 71.4 Å². The van der Waals surface area contributed by atoms with Crippen molar-refractivity contribution in [1.29, 1.82) is 0 Å². The molecule has 0 spiro atoms. The van der Waals surface area contributed by atoms with E-state index in [2.05, 4.69) is 75.8 Å². The van der Waals surface area contributed by atoms with Gasteiger partial charge in [-0.05, 0) is 0 Å². The van der Waals surface area contributed by atoms with Crippen molar-refractivity contribution in [2.75, 3.05) is 50.4 Å². The average Bonchev–Trinajstić information content (AvgIpc) is 2.65. The molecule has 21 nitrogen and oxygen atoms in total. The normalized spacial score (nSPS) is 10.5. The molecule has 0 aromatic carbocycles. The van der Waals surface area contributed by atoms with Gasteiger partial charge in [0.05, 0.1) is 0 Å². The maximum Gasteiger partial charge on any atom is 0.236 e. The smallest absolute Gasteiger partial charge is 0.236 e. The fraction of sp³-hybridized carbons (Fsp3) is 0. The highest BCUT2D eigenvalue weighted by Crippen LogP contribution is 2.17. The molecular weight excluding hydrogens is 438 g/mol. The Morgan fingerprint density at radius 2 is 0.455 bits per heavy atom. The van der Waals surface area contributed by atoms with Crippen molar-refractivity contribution in [3.05, 3.63) is 0 Å². The molecule has 4 aromatic heterocycles. The number of hydrogen-bond acceptors (Lipinski definition) is 21. The lowest BCUT2D eigenvalue weighted by atomic mass is 10.7. The van der Waals surface area contributed by atoms with Gasteiger partial charge in [-0.15, -0.1) is 0 Å². The van der Waals surface area contributed by atoms with E-state index in [1.807, 2.05) is 0 Å². The summed E-state index contributed by atoms with van der Waals surface area (Å²) < 4.78 is 0. The van der Waals surface area contributed by atoms with Crippen LogP contribution in [0.15, 0.2) is 0 Å². The number of rotatable bonds is 6. The Morgan fingerprint density at radius 1 is 0.273 bits per heavy atom. The lowest BCUT2D eigenvalue weighted by molar-refractivity contribution is 1.01. The molecule has 0 aliphatic heterocycles. The summed E-state index contributed by atoms with van der Waals surface area (Å²) in [6.45, 7) is 0. The summed E-state index contributed by atoms with van der Waals surface area (Å²) >= 11 is 0. The van der Waals surface area contributed by atoms with Gasteiger partial charge in [0.1, 0.15) is 0 Å². The second kappa shape index (κ2) is 8.17. The van der Waals surface area contributed by atoms with Crippen molar-refractivity contribution in [2.45, 2.75) is 0 Å². The van der Waals surface area contributed by atoms with Gasteiger partial charge < -0.3 is 34.4 Å². The van der Waals surface area contributed by atoms with E-state index in [0.717, 1.165) is 0 Å². The molecule has 168 valence electrons. The van der Waals surface area contributed by atoms with Crippen LogP contribution in [0.3, 0.4) is 0 Å². The highest BCUT2D eigenvalue weighted by atomic mass is 15.3. The minimum Gasteiger partial charge on any atom is -0.368 e. The summed E-state index contributed by atoms with van der Waals surface area (Å²) in [5, 5.41) is 8.07. The predicted octanol–water partition coefficient (Wildman–Crippen LogP) is -2.85. The summed E-state index contributed by atoms with van der Waals surface area (Å²) in [5.41, 5.74) is 33.6. The zero-order valence-corrected chi connectivity index (χ0v) is 16.3. The quantitative estimate of drug-likeness (QED) is 0.142. The molecule has 0 bridgehead atoms. The first-order valence-corrected chi connectivity index (χ1v) is 8.60. The van der Waals surface area contributed by atoms with E-state index in [4.69, 9.17) is 34.4 Å². The van der Waals surface area contributed by atoms with Crippen LogP contribution in [-0.4, -0.2) is 59.8 Å². The van der Waals surface area contributed by atoms with Crippen LogP contribution in [0.4, 0.5) is 71.4 Å². The third-order valence-electron chi connectivity index (χ3n) is 3.32. The average molecular weight is 453 g/mol. The summed E-state index contributed by atoms with van der Waals surface area (Å²) in [6.07, 6.45) is 0. The zero-order chi connectivity index (χ0) is 23.5. The summed E-state index contributed by atoms with van der Waals surface area (Å²) in [5.74, 6) is -0.913. The van der Waals surface area contributed by atoms with Crippen LogP contribution in [0.1, 0.15) is 0 Å². The van der Waals surface area contributed by atoms with Crippen LogP contribution < -0.4 is 50.4 Å². The van der Waals surface area contributed by atoms with Crippen LogP contribution in [0.2, 0.25) is 0 Å². The standard InChI is InChI=1S/C12H15N21/c13-1-19-2(14)22-7(21-1)29-9-25-5(17)27-11(31-9)33-12-28-6(18)26-10(32-12)30-8-23-3(15)20-4(16)24-8/h(H15,13,14,15,16,17,18,19,20,21,22,23,24,25,26,27,28,29,30,31,32,33). The monoisotopic (exact) mass is 453 g/mol. The van der Waals surface area contributed by atoms with Gasteiger partial charge in [-0.1, -0.05) is 0 Å². The lowest BCUT2D eigenvalue weighted by Crippen LogP contribution is -2.12. The van der Waals surface area contributed by atoms with E-state index in [-0.39, 0.29) is 71.4 Å². The first kappa shape index (κ1) is 20.5. The van der Waals surface area contributed by atoms with Crippen molar-refractivity contribution in [3.8, 4) is 0 Å².